The summed E-state index contributed by atoms with van der Waals surface area (Å²) in [6.07, 6.45) is 1.62. The molecule has 0 saturated heterocycles. The van der Waals surface area contributed by atoms with E-state index in [1.807, 2.05) is 19.1 Å². The SMILES string of the molecule is COC(=O)C(=O)c1cn(C)c2c(OC)cc(C)cc12. The van der Waals surface area contributed by atoms with Crippen molar-refractivity contribution in [2.45, 2.75) is 6.92 Å². The third kappa shape index (κ3) is 2.07. The fourth-order valence-corrected chi connectivity index (χ4v) is 2.18. The lowest BCUT2D eigenvalue weighted by Crippen LogP contribution is -2.15. The van der Waals surface area contributed by atoms with Gasteiger partial charge in [-0.2, -0.15) is 0 Å². The maximum atomic E-state index is 12.0. The minimum absolute atomic E-state index is 0.325. The average Bonchev–Trinajstić information content (AvgIpc) is 2.73. The fourth-order valence-electron chi connectivity index (χ4n) is 2.18. The summed E-state index contributed by atoms with van der Waals surface area (Å²) in [5, 5.41) is 0.690. The second-order valence-corrected chi connectivity index (χ2v) is 4.34. The Morgan fingerprint density at radius 1 is 1.21 bits per heavy atom. The molecule has 1 aromatic heterocycles. The number of methoxy groups -OCH3 is 2. The lowest BCUT2D eigenvalue weighted by atomic mass is 10.1. The van der Waals surface area contributed by atoms with Crippen molar-refractivity contribution in [3.63, 3.8) is 0 Å². The number of rotatable bonds is 3. The van der Waals surface area contributed by atoms with Gasteiger partial charge < -0.3 is 14.0 Å². The van der Waals surface area contributed by atoms with E-state index >= 15 is 0 Å². The van der Waals surface area contributed by atoms with Crippen LogP contribution in [0.5, 0.6) is 5.75 Å². The van der Waals surface area contributed by atoms with Gasteiger partial charge >= 0.3 is 5.97 Å². The normalized spacial score (nSPS) is 10.5. The van der Waals surface area contributed by atoms with Gasteiger partial charge in [-0.15, -0.1) is 0 Å². The summed E-state index contributed by atoms with van der Waals surface area (Å²) in [7, 11) is 4.56. The van der Waals surface area contributed by atoms with E-state index in [-0.39, 0.29) is 0 Å². The molecule has 5 heteroatoms. The Hall–Kier alpha value is -2.30. The largest absolute Gasteiger partial charge is 0.495 e. The number of fused-ring (bicyclic) bond motifs is 1. The van der Waals surface area contributed by atoms with Crippen molar-refractivity contribution >= 4 is 22.7 Å². The molecule has 0 bridgehead atoms. The minimum Gasteiger partial charge on any atom is -0.495 e. The van der Waals surface area contributed by atoms with Crippen molar-refractivity contribution in [3.05, 3.63) is 29.5 Å². The van der Waals surface area contributed by atoms with E-state index in [0.29, 0.717) is 16.7 Å². The van der Waals surface area contributed by atoms with E-state index in [4.69, 9.17) is 4.74 Å². The highest BCUT2D eigenvalue weighted by Gasteiger charge is 2.23. The molecule has 2 aromatic rings. The molecule has 0 saturated carbocycles. The first-order chi connectivity index (χ1) is 8.99. The van der Waals surface area contributed by atoms with Gasteiger partial charge in [-0.1, -0.05) is 0 Å². The van der Waals surface area contributed by atoms with Crippen LogP contribution < -0.4 is 4.74 Å². The van der Waals surface area contributed by atoms with Gasteiger partial charge in [0.05, 0.1) is 25.3 Å². The molecule has 0 unspecified atom stereocenters. The summed E-state index contributed by atoms with van der Waals surface area (Å²) in [6, 6.07) is 3.74. The summed E-state index contributed by atoms with van der Waals surface area (Å²) >= 11 is 0. The van der Waals surface area contributed by atoms with Gasteiger partial charge in [0, 0.05) is 18.6 Å². The highest BCUT2D eigenvalue weighted by Crippen LogP contribution is 2.31. The van der Waals surface area contributed by atoms with Crippen LogP contribution in [0.3, 0.4) is 0 Å². The van der Waals surface area contributed by atoms with Gasteiger partial charge in [0.1, 0.15) is 5.75 Å². The minimum atomic E-state index is -0.868. The maximum Gasteiger partial charge on any atom is 0.379 e. The quantitative estimate of drug-likeness (QED) is 0.480. The van der Waals surface area contributed by atoms with E-state index in [1.165, 1.54) is 7.11 Å². The first-order valence-electron chi connectivity index (χ1n) is 5.76. The Kier molecular flexibility index (Phi) is 3.29. The number of aryl methyl sites for hydroxylation is 2. The van der Waals surface area contributed by atoms with Crippen molar-refractivity contribution < 1.29 is 19.1 Å². The molecule has 5 nitrogen and oxygen atoms in total. The summed E-state index contributed by atoms with van der Waals surface area (Å²) in [5.74, 6) is -0.852. The molecule has 0 atom stereocenters. The number of carbonyl (C=O) groups is 2. The van der Waals surface area contributed by atoms with Crippen LogP contribution in [0.1, 0.15) is 15.9 Å². The average molecular weight is 261 g/mol. The number of carbonyl (C=O) groups excluding carboxylic acids is 2. The van der Waals surface area contributed by atoms with Crippen LogP contribution in [0.15, 0.2) is 18.3 Å². The van der Waals surface area contributed by atoms with Gasteiger partial charge in [0.2, 0.25) is 0 Å². The molecule has 19 heavy (non-hydrogen) atoms. The zero-order valence-corrected chi connectivity index (χ0v) is 11.3. The van der Waals surface area contributed by atoms with Crippen molar-refractivity contribution in [2.24, 2.45) is 7.05 Å². The Labute approximate surface area is 110 Å². The third-order valence-electron chi connectivity index (χ3n) is 3.02. The fraction of sp³-hybridized carbons (Fsp3) is 0.286. The van der Waals surface area contributed by atoms with Crippen LogP contribution in [0.2, 0.25) is 0 Å². The van der Waals surface area contributed by atoms with Gasteiger partial charge in [-0.05, 0) is 24.6 Å². The van der Waals surface area contributed by atoms with Gasteiger partial charge in [-0.3, -0.25) is 4.79 Å². The molecule has 0 aliphatic heterocycles. The zero-order valence-electron chi connectivity index (χ0n) is 11.3. The zero-order chi connectivity index (χ0) is 14.2. The lowest BCUT2D eigenvalue weighted by molar-refractivity contribution is -0.135. The molecule has 100 valence electrons. The predicted octanol–water partition coefficient (Wildman–Crippen LogP) is 1.85. The second-order valence-electron chi connectivity index (χ2n) is 4.34. The molecule has 0 aliphatic rings. The van der Waals surface area contributed by atoms with Gasteiger partial charge in [0.15, 0.2) is 0 Å². The van der Waals surface area contributed by atoms with Crippen LogP contribution in [0, 0.1) is 6.92 Å². The van der Waals surface area contributed by atoms with Crippen LogP contribution >= 0.6 is 0 Å². The van der Waals surface area contributed by atoms with Crippen LogP contribution in [0.4, 0.5) is 0 Å². The highest BCUT2D eigenvalue weighted by molar-refractivity contribution is 6.43. The van der Waals surface area contributed by atoms with Crippen molar-refractivity contribution in [2.75, 3.05) is 14.2 Å². The number of ether oxygens (including phenoxy) is 2. The van der Waals surface area contributed by atoms with E-state index in [1.54, 1.807) is 24.9 Å². The van der Waals surface area contributed by atoms with Crippen LogP contribution in [-0.2, 0) is 16.6 Å². The van der Waals surface area contributed by atoms with Crippen molar-refractivity contribution in [1.29, 1.82) is 0 Å². The molecule has 0 N–H and O–H groups in total. The van der Waals surface area contributed by atoms with E-state index in [0.717, 1.165) is 11.1 Å². The van der Waals surface area contributed by atoms with E-state index in [9.17, 15) is 9.59 Å². The van der Waals surface area contributed by atoms with Crippen LogP contribution in [-0.4, -0.2) is 30.5 Å². The summed E-state index contributed by atoms with van der Waals surface area (Å²) < 4.78 is 11.6. The molecule has 0 fully saturated rings. The van der Waals surface area contributed by atoms with E-state index < -0.39 is 11.8 Å². The number of esters is 1. The summed E-state index contributed by atoms with van der Waals surface area (Å²) in [5.41, 5.74) is 2.06. The maximum absolute atomic E-state index is 12.0. The number of hydrogen-bond donors (Lipinski definition) is 0. The monoisotopic (exact) mass is 261 g/mol. The molecular formula is C14H15NO4. The number of nitrogens with zero attached hydrogens (tertiary/aromatic N) is 1. The topological polar surface area (TPSA) is 57.5 Å². The Morgan fingerprint density at radius 2 is 1.89 bits per heavy atom. The first-order valence-corrected chi connectivity index (χ1v) is 5.76. The molecule has 1 heterocycles. The lowest BCUT2D eigenvalue weighted by Gasteiger charge is -2.06. The molecule has 0 aliphatic carbocycles. The molecule has 2 rings (SSSR count). The summed E-state index contributed by atoms with van der Waals surface area (Å²) in [4.78, 5) is 23.4. The molecule has 0 amide bonds. The number of aromatic nitrogens is 1. The highest BCUT2D eigenvalue weighted by atomic mass is 16.5. The van der Waals surface area contributed by atoms with Gasteiger partial charge in [-0.25, -0.2) is 4.79 Å². The van der Waals surface area contributed by atoms with E-state index in [2.05, 4.69) is 4.74 Å². The van der Waals surface area contributed by atoms with Gasteiger partial charge in [0.25, 0.3) is 5.78 Å². The number of Topliss-reactive ketones (excluding diaryl/α,β-unsaturated/α-hetero) is 1. The second kappa shape index (κ2) is 4.76. The smallest absolute Gasteiger partial charge is 0.379 e. The molecule has 1 aromatic carbocycles. The third-order valence-corrected chi connectivity index (χ3v) is 3.02. The number of benzene rings is 1. The van der Waals surface area contributed by atoms with Crippen molar-refractivity contribution in [3.8, 4) is 5.75 Å². The van der Waals surface area contributed by atoms with Crippen molar-refractivity contribution in [1.82, 2.24) is 4.57 Å². The number of hydrogen-bond acceptors (Lipinski definition) is 4. The standard InChI is InChI=1S/C14H15NO4/c1-8-5-9-10(13(16)14(17)19-4)7-15(2)12(9)11(6-8)18-3/h5-7H,1-4H3. The molecule has 0 spiro atoms. The Balaban J connectivity index is 2.74. The Bertz CT molecular complexity index is 670. The Morgan fingerprint density at radius 3 is 2.47 bits per heavy atom. The first kappa shape index (κ1) is 13.1. The van der Waals surface area contributed by atoms with Crippen LogP contribution in [0.25, 0.3) is 10.9 Å². The number of ketones is 1. The molecular weight excluding hydrogens is 246 g/mol. The summed E-state index contributed by atoms with van der Waals surface area (Å²) in [6.45, 7) is 1.90. The molecule has 0 radical (unpaired) electrons. The predicted molar refractivity (Wildman–Crippen MR) is 70.6 cm³/mol.